The zero-order valence-electron chi connectivity index (χ0n) is 6.36. The lowest BCUT2D eigenvalue weighted by Gasteiger charge is -2.45. The second-order valence-electron chi connectivity index (χ2n) is 2.66. The van der Waals surface area contributed by atoms with Crippen molar-refractivity contribution in [2.45, 2.75) is 12.1 Å². The van der Waals surface area contributed by atoms with Crippen molar-refractivity contribution in [1.29, 1.82) is 0 Å². The molecule has 0 radical (unpaired) electrons. The third-order valence-corrected chi connectivity index (χ3v) is 2.00. The van der Waals surface area contributed by atoms with E-state index in [1.54, 1.807) is 4.90 Å². The van der Waals surface area contributed by atoms with Crippen LogP contribution >= 0.6 is 0 Å². The molecule has 0 aromatic carbocycles. The Balaban J connectivity index is 2.50. The molecule has 62 valence electrons. The van der Waals surface area contributed by atoms with Gasteiger partial charge in [-0.25, -0.2) is 0 Å². The fourth-order valence-corrected chi connectivity index (χ4v) is 1.25. The van der Waals surface area contributed by atoms with Gasteiger partial charge in [-0.2, -0.15) is 0 Å². The molecule has 1 aliphatic rings. The van der Waals surface area contributed by atoms with Crippen LogP contribution in [0.4, 0.5) is 0 Å². The van der Waals surface area contributed by atoms with Gasteiger partial charge in [-0.3, -0.25) is 4.79 Å². The first kappa shape index (κ1) is 8.23. The molecule has 1 heterocycles. The fraction of sp³-hybridized carbons (Fsp3) is 0.571. The molecule has 0 spiro atoms. The molecular formula is C7H13N3O. The molecule has 1 aliphatic heterocycles. The van der Waals surface area contributed by atoms with Gasteiger partial charge in [0.25, 0.3) is 0 Å². The summed E-state index contributed by atoms with van der Waals surface area (Å²) in [6.45, 7) is 4.42. The highest BCUT2D eigenvalue weighted by Crippen LogP contribution is 2.15. The minimum Gasteiger partial charge on any atom is -0.332 e. The summed E-state index contributed by atoms with van der Waals surface area (Å²) in [7, 11) is 0. The monoisotopic (exact) mass is 155 g/mol. The highest BCUT2D eigenvalue weighted by atomic mass is 16.2. The highest BCUT2D eigenvalue weighted by Gasteiger charge is 2.37. The Hall–Kier alpha value is -0.870. The third kappa shape index (κ3) is 1.27. The summed E-state index contributed by atoms with van der Waals surface area (Å²) >= 11 is 0. The average Bonchev–Trinajstić information content (AvgIpc) is 1.99. The number of nitrogens with zero attached hydrogens (tertiary/aromatic N) is 1. The van der Waals surface area contributed by atoms with Gasteiger partial charge in [0, 0.05) is 19.1 Å². The normalized spacial score (nSPS) is 29.5. The standard InChI is InChI=1S/C7H13N3O/c1-2-7(11)10-4-5(9)6(10)3-8/h2,5-6H,1,3-4,8-9H2/t5-,6+/m1/s1. The number of hydrogen-bond donors (Lipinski definition) is 2. The van der Waals surface area contributed by atoms with Crippen molar-refractivity contribution in [1.82, 2.24) is 4.90 Å². The molecule has 1 rings (SSSR count). The van der Waals surface area contributed by atoms with Gasteiger partial charge in [0.05, 0.1) is 6.04 Å². The number of amides is 1. The summed E-state index contributed by atoms with van der Waals surface area (Å²) < 4.78 is 0. The molecule has 1 amide bonds. The first-order chi connectivity index (χ1) is 5.20. The summed E-state index contributed by atoms with van der Waals surface area (Å²) in [6, 6.07) is 0.0596. The van der Waals surface area contributed by atoms with E-state index in [9.17, 15) is 4.79 Å². The van der Waals surface area contributed by atoms with Gasteiger partial charge in [0.15, 0.2) is 0 Å². The maximum atomic E-state index is 11.0. The van der Waals surface area contributed by atoms with Crippen LogP contribution in [0, 0.1) is 0 Å². The molecule has 0 aromatic rings. The fourth-order valence-electron chi connectivity index (χ4n) is 1.25. The SMILES string of the molecule is C=CC(=O)N1C[C@@H](N)[C@@H]1CN. The lowest BCUT2D eigenvalue weighted by molar-refractivity contribution is -0.134. The molecule has 11 heavy (non-hydrogen) atoms. The van der Waals surface area contributed by atoms with E-state index < -0.39 is 0 Å². The Bertz CT molecular complexity index is 181. The first-order valence-corrected chi connectivity index (χ1v) is 3.59. The number of carbonyl (C=O) groups is 1. The van der Waals surface area contributed by atoms with Crippen LogP contribution in [-0.2, 0) is 4.79 Å². The second-order valence-corrected chi connectivity index (χ2v) is 2.66. The van der Waals surface area contributed by atoms with Crippen LogP contribution in [0.5, 0.6) is 0 Å². The lowest BCUT2D eigenvalue weighted by Crippen LogP contribution is -2.68. The largest absolute Gasteiger partial charge is 0.332 e. The van der Waals surface area contributed by atoms with Crippen molar-refractivity contribution in [3.8, 4) is 0 Å². The van der Waals surface area contributed by atoms with E-state index in [1.165, 1.54) is 6.08 Å². The van der Waals surface area contributed by atoms with E-state index in [4.69, 9.17) is 11.5 Å². The summed E-state index contributed by atoms with van der Waals surface area (Å²) in [5, 5.41) is 0. The molecule has 0 unspecified atom stereocenters. The number of likely N-dealkylation sites (tertiary alicyclic amines) is 1. The summed E-state index contributed by atoms with van der Waals surface area (Å²) in [6.07, 6.45) is 1.29. The van der Waals surface area contributed by atoms with Gasteiger partial charge >= 0.3 is 0 Å². The molecule has 4 N–H and O–H groups in total. The van der Waals surface area contributed by atoms with E-state index in [0.29, 0.717) is 13.1 Å². The Kier molecular flexibility index (Phi) is 2.26. The van der Waals surface area contributed by atoms with Gasteiger partial charge in [-0.05, 0) is 6.08 Å². The number of hydrogen-bond acceptors (Lipinski definition) is 3. The molecule has 0 bridgehead atoms. The average molecular weight is 155 g/mol. The molecule has 4 nitrogen and oxygen atoms in total. The van der Waals surface area contributed by atoms with E-state index in [0.717, 1.165) is 0 Å². The Labute approximate surface area is 65.8 Å². The third-order valence-electron chi connectivity index (χ3n) is 2.00. The molecule has 0 saturated carbocycles. The Morgan fingerprint density at radius 3 is 2.82 bits per heavy atom. The molecule has 1 fully saturated rings. The van der Waals surface area contributed by atoms with E-state index in [1.807, 2.05) is 0 Å². The summed E-state index contributed by atoms with van der Waals surface area (Å²) in [5.74, 6) is -0.0813. The maximum absolute atomic E-state index is 11.0. The molecule has 0 aliphatic carbocycles. The van der Waals surface area contributed by atoms with Gasteiger partial charge < -0.3 is 16.4 Å². The number of nitrogens with two attached hydrogens (primary N) is 2. The van der Waals surface area contributed by atoms with Crippen molar-refractivity contribution in [3.63, 3.8) is 0 Å². The van der Waals surface area contributed by atoms with E-state index in [-0.39, 0.29) is 18.0 Å². The molecule has 4 heteroatoms. The smallest absolute Gasteiger partial charge is 0.246 e. The van der Waals surface area contributed by atoms with Crippen LogP contribution in [0.2, 0.25) is 0 Å². The van der Waals surface area contributed by atoms with Crippen molar-refractivity contribution in [2.75, 3.05) is 13.1 Å². The van der Waals surface area contributed by atoms with Gasteiger partial charge in [-0.1, -0.05) is 6.58 Å². The van der Waals surface area contributed by atoms with Crippen molar-refractivity contribution < 1.29 is 4.79 Å². The van der Waals surface area contributed by atoms with Gasteiger partial charge in [0.2, 0.25) is 5.91 Å². The van der Waals surface area contributed by atoms with Crippen LogP contribution in [0.1, 0.15) is 0 Å². The first-order valence-electron chi connectivity index (χ1n) is 3.59. The molecular weight excluding hydrogens is 142 g/mol. The van der Waals surface area contributed by atoms with Crippen molar-refractivity contribution in [2.24, 2.45) is 11.5 Å². The van der Waals surface area contributed by atoms with Crippen LogP contribution in [0.15, 0.2) is 12.7 Å². The predicted octanol–water partition coefficient (Wildman–Crippen LogP) is -1.33. The second kappa shape index (κ2) is 3.02. The van der Waals surface area contributed by atoms with Gasteiger partial charge in [0.1, 0.15) is 0 Å². The zero-order valence-corrected chi connectivity index (χ0v) is 6.36. The Morgan fingerprint density at radius 2 is 2.45 bits per heavy atom. The van der Waals surface area contributed by atoms with Crippen molar-refractivity contribution >= 4 is 5.91 Å². The summed E-state index contributed by atoms with van der Waals surface area (Å²) in [5.41, 5.74) is 11.0. The van der Waals surface area contributed by atoms with Crippen molar-refractivity contribution in [3.05, 3.63) is 12.7 Å². The molecule has 0 aromatic heterocycles. The minimum absolute atomic E-state index is 0.0144. The van der Waals surface area contributed by atoms with E-state index in [2.05, 4.69) is 6.58 Å². The Morgan fingerprint density at radius 1 is 1.82 bits per heavy atom. The highest BCUT2D eigenvalue weighted by molar-refractivity contribution is 5.88. The zero-order chi connectivity index (χ0) is 8.43. The molecule has 2 atom stereocenters. The van der Waals surface area contributed by atoms with Crippen LogP contribution < -0.4 is 11.5 Å². The lowest BCUT2D eigenvalue weighted by atomic mass is 9.97. The number of carbonyl (C=O) groups excluding carboxylic acids is 1. The summed E-state index contributed by atoms with van der Waals surface area (Å²) in [4.78, 5) is 12.6. The number of rotatable bonds is 2. The quantitative estimate of drug-likeness (QED) is 0.485. The van der Waals surface area contributed by atoms with Crippen LogP contribution in [-0.4, -0.2) is 36.0 Å². The van der Waals surface area contributed by atoms with Gasteiger partial charge in [-0.15, -0.1) is 0 Å². The minimum atomic E-state index is -0.0813. The van der Waals surface area contributed by atoms with Crippen LogP contribution in [0.3, 0.4) is 0 Å². The predicted molar refractivity (Wildman–Crippen MR) is 42.7 cm³/mol. The van der Waals surface area contributed by atoms with E-state index >= 15 is 0 Å². The molecule has 1 saturated heterocycles. The topological polar surface area (TPSA) is 72.3 Å². The maximum Gasteiger partial charge on any atom is 0.246 e. The van der Waals surface area contributed by atoms with Crippen LogP contribution in [0.25, 0.3) is 0 Å².